The van der Waals surface area contributed by atoms with Crippen LogP contribution in [0, 0.1) is 0 Å². The predicted molar refractivity (Wildman–Crippen MR) is 118 cm³/mol. The maximum absolute atomic E-state index is 12.3. The first-order chi connectivity index (χ1) is 16.3. The van der Waals surface area contributed by atoms with Gasteiger partial charge in [-0.2, -0.15) is 4.98 Å². The summed E-state index contributed by atoms with van der Waals surface area (Å²) in [7, 11) is -2.08. The van der Waals surface area contributed by atoms with Gasteiger partial charge in [-0.25, -0.2) is 13.4 Å². The van der Waals surface area contributed by atoms with Crippen LogP contribution in [0.25, 0.3) is 0 Å². The molecular formula is C23H28N2O8S. The van der Waals surface area contributed by atoms with Crippen molar-refractivity contribution >= 4 is 9.84 Å². The Balaban J connectivity index is 1.41. The molecule has 2 saturated heterocycles. The number of nitrogens with zero attached hydrogens (tertiary/aromatic N) is 2. The Labute approximate surface area is 198 Å². The van der Waals surface area contributed by atoms with E-state index in [2.05, 4.69) is 9.97 Å². The van der Waals surface area contributed by atoms with E-state index in [1.807, 2.05) is 18.2 Å². The maximum atomic E-state index is 12.3. The molecular weight excluding hydrogens is 464 g/mol. The highest BCUT2D eigenvalue weighted by molar-refractivity contribution is 7.90. The standard InChI is InChI=1S/C23H28N2O8S/c1-28-22(5-8-29-9-6-22)19-14-20(25-21(24-19)34(2,26)27)31-15-16-3-4-17-18(13-16)30-10-7-23(17)32-11-12-33-23/h3-4,13-14H,5-12,15H2,1-2H3. The highest BCUT2D eigenvalue weighted by Crippen LogP contribution is 2.43. The van der Waals surface area contributed by atoms with Crippen molar-refractivity contribution in [2.24, 2.45) is 0 Å². The van der Waals surface area contributed by atoms with Gasteiger partial charge in [-0.15, -0.1) is 0 Å². The van der Waals surface area contributed by atoms with Crippen LogP contribution in [-0.4, -0.2) is 64.8 Å². The Morgan fingerprint density at radius 3 is 2.47 bits per heavy atom. The van der Waals surface area contributed by atoms with Crippen LogP contribution >= 0.6 is 0 Å². The first-order valence-corrected chi connectivity index (χ1v) is 13.1. The molecule has 34 heavy (non-hydrogen) atoms. The van der Waals surface area contributed by atoms with Crippen molar-refractivity contribution in [3.63, 3.8) is 0 Å². The summed E-state index contributed by atoms with van der Waals surface area (Å²) in [6, 6.07) is 7.37. The topological polar surface area (TPSA) is 115 Å². The summed E-state index contributed by atoms with van der Waals surface area (Å²) < 4.78 is 59.4. The van der Waals surface area contributed by atoms with Gasteiger partial charge in [0.25, 0.3) is 0 Å². The van der Waals surface area contributed by atoms with E-state index in [-0.39, 0.29) is 17.6 Å². The molecule has 1 aromatic carbocycles. The van der Waals surface area contributed by atoms with Crippen LogP contribution in [0.3, 0.4) is 0 Å². The Morgan fingerprint density at radius 2 is 1.76 bits per heavy atom. The van der Waals surface area contributed by atoms with Crippen LogP contribution in [0.5, 0.6) is 11.6 Å². The SMILES string of the molecule is COC1(c2cc(OCc3ccc4c(c3)OCCC43OCCO3)nc(S(C)(=O)=O)n2)CCOCC1. The summed E-state index contributed by atoms with van der Waals surface area (Å²) in [5.41, 5.74) is 1.41. The van der Waals surface area contributed by atoms with Gasteiger partial charge < -0.3 is 28.4 Å². The van der Waals surface area contributed by atoms with Crippen LogP contribution < -0.4 is 9.47 Å². The smallest absolute Gasteiger partial charge is 0.250 e. The van der Waals surface area contributed by atoms with Crippen LogP contribution in [0.1, 0.15) is 36.1 Å². The molecule has 0 atom stereocenters. The molecule has 1 spiro atoms. The van der Waals surface area contributed by atoms with Crippen molar-refractivity contribution < 1.29 is 36.8 Å². The number of methoxy groups -OCH3 is 1. The fourth-order valence-corrected chi connectivity index (χ4v) is 5.10. The third-order valence-corrected chi connectivity index (χ3v) is 7.30. The van der Waals surface area contributed by atoms with Gasteiger partial charge in [-0.3, -0.25) is 0 Å². The third-order valence-electron chi connectivity index (χ3n) is 6.46. The summed E-state index contributed by atoms with van der Waals surface area (Å²) in [6.45, 7) is 2.75. The van der Waals surface area contributed by atoms with E-state index in [1.165, 1.54) is 0 Å². The summed E-state index contributed by atoms with van der Waals surface area (Å²) in [5, 5.41) is -0.297. The number of ether oxygens (including phenoxy) is 6. The molecule has 3 aliphatic heterocycles. The Bertz CT molecular complexity index is 1160. The summed E-state index contributed by atoms with van der Waals surface area (Å²) in [6.07, 6.45) is 2.82. The monoisotopic (exact) mass is 492 g/mol. The normalized spacial score (nSPS) is 21.1. The number of hydrogen-bond acceptors (Lipinski definition) is 10. The minimum Gasteiger partial charge on any atom is -0.493 e. The van der Waals surface area contributed by atoms with E-state index < -0.39 is 21.2 Å². The van der Waals surface area contributed by atoms with Crippen molar-refractivity contribution in [3.05, 3.63) is 41.1 Å². The highest BCUT2D eigenvalue weighted by atomic mass is 32.2. The second-order valence-corrected chi connectivity index (χ2v) is 10.5. The fourth-order valence-electron chi connectivity index (χ4n) is 4.58. The van der Waals surface area contributed by atoms with Crippen molar-refractivity contribution in [2.75, 3.05) is 46.4 Å². The Kier molecular flexibility index (Phi) is 6.23. The minimum absolute atomic E-state index is 0.158. The number of sulfone groups is 1. The second-order valence-electron chi connectivity index (χ2n) is 8.62. The van der Waals surface area contributed by atoms with Crippen LogP contribution in [0.15, 0.2) is 29.4 Å². The zero-order valence-corrected chi connectivity index (χ0v) is 20.1. The molecule has 0 radical (unpaired) electrons. The summed E-state index contributed by atoms with van der Waals surface area (Å²) in [5.74, 6) is 0.109. The van der Waals surface area contributed by atoms with Crippen LogP contribution in [0.4, 0.5) is 0 Å². The lowest BCUT2D eigenvalue weighted by molar-refractivity contribution is -0.183. The van der Waals surface area contributed by atoms with Gasteiger partial charge in [-0.1, -0.05) is 6.07 Å². The molecule has 0 saturated carbocycles. The van der Waals surface area contributed by atoms with Gasteiger partial charge in [0.1, 0.15) is 18.0 Å². The summed E-state index contributed by atoms with van der Waals surface area (Å²) in [4.78, 5) is 8.46. The fraction of sp³-hybridized carbons (Fsp3) is 0.565. The number of benzene rings is 1. The number of fused-ring (bicyclic) bond motifs is 2. The number of aromatic nitrogens is 2. The molecule has 3 aliphatic rings. The quantitative estimate of drug-likeness (QED) is 0.555. The molecule has 0 aliphatic carbocycles. The van der Waals surface area contributed by atoms with Gasteiger partial charge in [0.2, 0.25) is 26.7 Å². The second kappa shape index (κ2) is 9.04. The lowest BCUT2D eigenvalue weighted by Crippen LogP contribution is -2.37. The van der Waals surface area contributed by atoms with Gasteiger partial charge in [0, 0.05) is 51.9 Å². The van der Waals surface area contributed by atoms with Gasteiger partial charge in [-0.05, 0) is 17.7 Å². The van der Waals surface area contributed by atoms with Crippen molar-refractivity contribution in [1.82, 2.24) is 9.97 Å². The molecule has 10 nitrogen and oxygen atoms in total. The van der Waals surface area contributed by atoms with E-state index in [9.17, 15) is 8.42 Å². The van der Waals surface area contributed by atoms with Gasteiger partial charge in [0.05, 0.1) is 31.1 Å². The molecule has 4 heterocycles. The van der Waals surface area contributed by atoms with Crippen molar-refractivity contribution in [1.29, 1.82) is 0 Å². The first kappa shape index (κ1) is 23.4. The first-order valence-electron chi connectivity index (χ1n) is 11.2. The molecule has 2 aromatic rings. The van der Waals surface area contributed by atoms with E-state index in [1.54, 1.807) is 13.2 Å². The van der Waals surface area contributed by atoms with Gasteiger partial charge >= 0.3 is 0 Å². The minimum atomic E-state index is -3.67. The number of hydrogen-bond donors (Lipinski definition) is 0. The van der Waals surface area contributed by atoms with Crippen LogP contribution in [-0.2, 0) is 46.8 Å². The average Bonchev–Trinajstić information content (AvgIpc) is 3.31. The average molecular weight is 493 g/mol. The third kappa shape index (κ3) is 4.38. The van der Waals surface area contributed by atoms with E-state index in [0.29, 0.717) is 63.7 Å². The van der Waals surface area contributed by atoms with Crippen molar-refractivity contribution in [3.8, 4) is 11.6 Å². The Hall–Kier alpha value is -2.31. The number of rotatable bonds is 6. The Morgan fingerprint density at radius 1 is 1.00 bits per heavy atom. The largest absolute Gasteiger partial charge is 0.493 e. The molecule has 0 bridgehead atoms. The molecule has 0 unspecified atom stereocenters. The molecule has 11 heteroatoms. The van der Waals surface area contributed by atoms with Gasteiger partial charge in [0.15, 0.2) is 0 Å². The molecule has 5 rings (SSSR count). The predicted octanol–water partition coefficient (Wildman–Crippen LogP) is 2.09. The van der Waals surface area contributed by atoms with E-state index in [0.717, 1.165) is 17.4 Å². The van der Waals surface area contributed by atoms with E-state index >= 15 is 0 Å². The molecule has 1 aromatic heterocycles. The lowest BCUT2D eigenvalue weighted by atomic mass is 9.90. The van der Waals surface area contributed by atoms with Crippen LogP contribution in [0.2, 0.25) is 0 Å². The summed E-state index contributed by atoms with van der Waals surface area (Å²) >= 11 is 0. The molecule has 0 amide bonds. The zero-order chi connectivity index (χ0) is 23.8. The highest BCUT2D eigenvalue weighted by Gasteiger charge is 2.43. The maximum Gasteiger partial charge on any atom is 0.250 e. The molecule has 0 N–H and O–H groups in total. The van der Waals surface area contributed by atoms with Crippen molar-refractivity contribution in [2.45, 2.75) is 42.4 Å². The molecule has 184 valence electrons. The molecule has 2 fully saturated rings. The lowest BCUT2D eigenvalue weighted by Gasteiger charge is -2.35. The zero-order valence-electron chi connectivity index (χ0n) is 19.2. The van der Waals surface area contributed by atoms with E-state index in [4.69, 9.17) is 28.4 Å².